The third kappa shape index (κ3) is 2.84. The lowest BCUT2D eigenvalue weighted by atomic mass is 10.2. The van der Waals surface area contributed by atoms with E-state index in [4.69, 9.17) is 10.5 Å². The molecule has 0 radical (unpaired) electrons. The van der Waals surface area contributed by atoms with Crippen LogP contribution in [0.2, 0.25) is 0 Å². The molecule has 0 aliphatic carbocycles. The molecule has 1 heterocycles. The number of nitrogen functional groups attached to an aromatic ring is 1. The first kappa shape index (κ1) is 13.4. The van der Waals surface area contributed by atoms with Crippen LogP contribution in [0.5, 0.6) is 0 Å². The fourth-order valence-corrected chi connectivity index (χ4v) is 4.08. The molecule has 0 aromatic heterocycles. The molecule has 0 amide bonds. The number of rotatable bonds is 3. The average Bonchev–Trinajstić information content (AvgIpc) is 2.66. The first-order valence-corrected chi connectivity index (χ1v) is 7.78. The third-order valence-electron chi connectivity index (χ3n) is 3.27. The van der Waals surface area contributed by atoms with E-state index in [1.807, 2.05) is 6.92 Å². The van der Waals surface area contributed by atoms with Gasteiger partial charge < -0.3 is 10.5 Å². The maximum atomic E-state index is 12.3. The highest BCUT2D eigenvalue weighted by molar-refractivity contribution is 7.91. The molecular weight excluding hydrogens is 250 g/mol. The van der Waals surface area contributed by atoms with Gasteiger partial charge in [0.1, 0.15) is 0 Å². The van der Waals surface area contributed by atoms with Gasteiger partial charge in [-0.05, 0) is 44.4 Å². The number of nitrogens with two attached hydrogens (primary N) is 1. The van der Waals surface area contributed by atoms with Crippen molar-refractivity contribution in [3.8, 4) is 0 Å². The van der Waals surface area contributed by atoms with E-state index >= 15 is 0 Å². The number of sulfone groups is 1. The second-order valence-corrected chi connectivity index (χ2v) is 6.96. The molecule has 18 heavy (non-hydrogen) atoms. The Morgan fingerprint density at radius 2 is 2.11 bits per heavy atom. The van der Waals surface area contributed by atoms with Gasteiger partial charge in [0, 0.05) is 5.69 Å². The molecule has 1 aromatic rings. The Morgan fingerprint density at radius 1 is 1.39 bits per heavy atom. The van der Waals surface area contributed by atoms with E-state index in [9.17, 15) is 8.42 Å². The van der Waals surface area contributed by atoms with Crippen LogP contribution in [-0.2, 0) is 14.6 Å². The number of hydrogen-bond donors (Lipinski definition) is 1. The van der Waals surface area contributed by atoms with Crippen LogP contribution in [0.25, 0.3) is 0 Å². The van der Waals surface area contributed by atoms with Crippen LogP contribution in [0.3, 0.4) is 0 Å². The second-order valence-electron chi connectivity index (χ2n) is 4.95. The summed E-state index contributed by atoms with van der Waals surface area (Å²) in [6, 6.07) is 4.98. The van der Waals surface area contributed by atoms with Crippen molar-refractivity contribution in [2.75, 3.05) is 11.5 Å². The molecular formula is C13H19NO3S. The molecule has 0 spiro atoms. The number of hydrogen-bond acceptors (Lipinski definition) is 4. The Labute approximate surface area is 108 Å². The van der Waals surface area contributed by atoms with E-state index in [-0.39, 0.29) is 18.0 Å². The Balaban J connectivity index is 2.23. The van der Waals surface area contributed by atoms with Crippen LogP contribution >= 0.6 is 0 Å². The molecule has 1 aliphatic rings. The van der Waals surface area contributed by atoms with Gasteiger partial charge in [-0.2, -0.15) is 0 Å². The van der Waals surface area contributed by atoms with E-state index in [0.717, 1.165) is 18.4 Å². The van der Waals surface area contributed by atoms with E-state index in [2.05, 4.69) is 0 Å². The van der Waals surface area contributed by atoms with Gasteiger partial charge in [0.2, 0.25) is 0 Å². The summed E-state index contributed by atoms with van der Waals surface area (Å²) in [6.07, 6.45) is 1.70. The lowest BCUT2D eigenvalue weighted by molar-refractivity contribution is 0.0690. The monoisotopic (exact) mass is 269 g/mol. The summed E-state index contributed by atoms with van der Waals surface area (Å²) < 4.78 is 30.2. The van der Waals surface area contributed by atoms with Crippen molar-refractivity contribution >= 4 is 15.5 Å². The van der Waals surface area contributed by atoms with Crippen LogP contribution in [0.1, 0.15) is 25.3 Å². The van der Waals surface area contributed by atoms with Crippen molar-refractivity contribution in [1.29, 1.82) is 0 Å². The summed E-state index contributed by atoms with van der Waals surface area (Å²) in [6.45, 7) is 3.75. The SMILES string of the molecule is Cc1ccc(N)cc1S(=O)(=O)CC1CCC(C)O1. The number of anilines is 1. The summed E-state index contributed by atoms with van der Waals surface area (Å²) in [5.41, 5.74) is 6.86. The molecule has 2 rings (SSSR count). The van der Waals surface area contributed by atoms with Crippen LogP contribution in [0.15, 0.2) is 23.1 Å². The van der Waals surface area contributed by atoms with Gasteiger partial charge in [0.15, 0.2) is 9.84 Å². The van der Waals surface area contributed by atoms with Gasteiger partial charge in [-0.1, -0.05) is 6.07 Å². The smallest absolute Gasteiger partial charge is 0.181 e. The van der Waals surface area contributed by atoms with Crippen LogP contribution in [-0.4, -0.2) is 26.4 Å². The second kappa shape index (κ2) is 4.90. The van der Waals surface area contributed by atoms with E-state index in [0.29, 0.717) is 10.6 Å². The predicted octanol–water partition coefficient (Wildman–Crippen LogP) is 1.92. The minimum Gasteiger partial charge on any atom is -0.399 e. The normalized spacial score (nSPS) is 24.3. The minimum absolute atomic E-state index is 0.0433. The zero-order valence-corrected chi connectivity index (χ0v) is 11.5. The Morgan fingerprint density at radius 3 is 2.72 bits per heavy atom. The topological polar surface area (TPSA) is 69.4 Å². The lowest BCUT2D eigenvalue weighted by Gasteiger charge is -2.13. The maximum absolute atomic E-state index is 12.3. The molecule has 0 bridgehead atoms. The standard InChI is InChI=1S/C13H19NO3S/c1-9-3-5-11(14)7-13(9)18(15,16)8-12-6-4-10(2)17-12/h3,5,7,10,12H,4,6,8,14H2,1-2H3. The van der Waals surface area contributed by atoms with Crippen LogP contribution < -0.4 is 5.73 Å². The average molecular weight is 269 g/mol. The van der Waals surface area contributed by atoms with Gasteiger partial charge in [-0.3, -0.25) is 0 Å². The zero-order chi connectivity index (χ0) is 13.3. The summed E-state index contributed by atoms with van der Waals surface area (Å²) in [5, 5.41) is 0. The minimum atomic E-state index is -3.33. The van der Waals surface area contributed by atoms with Crippen molar-refractivity contribution < 1.29 is 13.2 Å². The van der Waals surface area contributed by atoms with E-state index in [1.54, 1.807) is 19.1 Å². The Bertz CT molecular complexity index is 539. The fraction of sp³-hybridized carbons (Fsp3) is 0.538. The summed E-state index contributed by atoms with van der Waals surface area (Å²) in [5.74, 6) is 0.0433. The van der Waals surface area contributed by atoms with Crippen molar-refractivity contribution in [3.63, 3.8) is 0 Å². The fourth-order valence-electron chi connectivity index (χ4n) is 2.29. The highest BCUT2D eigenvalue weighted by Crippen LogP contribution is 2.25. The van der Waals surface area contributed by atoms with Gasteiger partial charge in [0.05, 0.1) is 22.9 Å². The molecule has 2 N–H and O–H groups in total. The van der Waals surface area contributed by atoms with Crippen molar-refractivity contribution in [2.45, 2.75) is 43.8 Å². The summed E-state index contributed by atoms with van der Waals surface area (Å²) in [7, 11) is -3.33. The summed E-state index contributed by atoms with van der Waals surface area (Å²) >= 11 is 0. The van der Waals surface area contributed by atoms with E-state index in [1.165, 1.54) is 6.07 Å². The maximum Gasteiger partial charge on any atom is 0.181 e. The molecule has 5 heteroatoms. The molecule has 1 fully saturated rings. The number of benzene rings is 1. The van der Waals surface area contributed by atoms with Crippen molar-refractivity contribution in [3.05, 3.63) is 23.8 Å². The van der Waals surface area contributed by atoms with Gasteiger partial charge >= 0.3 is 0 Å². The first-order valence-electron chi connectivity index (χ1n) is 6.13. The summed E-state index contributed by atoms with van der Waals surface area (Å²) in [4.78, 5) is 0.325. The molecule has 2 unspecified atom stereocenters. The molecule has 4 nitrogen and oxygen atoms in total. The van der Waals surface area contributed by atoms with Crippen LogP contribution in [0, 0.1) is 6.92 Å². The molecule has 1 saturated heterocycles. The third-order valence-corrected chi connectivity index (χ3v) is 5.19. The molecule has 2 atom stereocenters. The molecule has 100 valence electrons. The highest BCUT2D eigenvalue weighted by atomic mass is 32.2. The first-order chi connectivity index (χ1) is 8.38. The van der Waals surface area contributed by atoms with Crippen LogP contribution in [0.4, 0.5) is 5.69 Å². The van der Waals surface area contributed by atoms with Gasteiger partial charge in [-0.15, -0.1) is 0 Å². The van der Waals surface area contributed by atoms with Crippen molar-refractivity contribution in [1.82, 2.24) is 0 Å². The Hall–Kier alpha value is -1.07. The molecule has 1 aromatic carbocycles. The van der Waals surface area contributed by atoms with Crippen molar-refractivity contribution in [2.24, 2.45) is 0 Å². The zero-order valence-electron chi connectivity index (χ0n) is 10.7. The molecule has 0 saturated carbocycles. The number of aryl methyl sites for hydroxylation is 1. The largest absolute Gasteiger partial charge is 0.399 e. The number of ether oxygens (including phenoxy) is 1. The van der Waals surface area contributed by atoms with Gasteiger partial charge in [0.25, 0.3) is 0 Å². The highest BCUT2D eigenvalue weighted by Gasteiger charge is 2.28. The Kier molecular flexibility index (Phi) is 3.64. The van der Waals surface area contributed by atoms with E-state index < -0.39 is 9.84 Å². The lowest BCUT2D eigenvalue weighted by Crippen LogP contribution is -2.22. The van der Waals surface area contributed by atoms with Gasteiger partial charge in [-0.25, -0.2) is 8.42 Å². The molecule has 1 aliphatic heterocycles. The quantitative estimate of drug-likeness (QED) is 0.851. The predicted molar refractivity (Wildman–Crippen MR) is 71.2 cm³/mol.